The van der Waals surface area contributed by atoms with E-state index in [-0.39, 0.29) is 5.56 Å². The molecule has 0 bridgehead atoms. The Morgan fingerprint density at radius 1 is 0.889 bits per heavy atom. The van der Waals surface area contributed by atoms with E-state index in [1.54, 1.807) is 0 Å². The van der Waals surface area contributed by atoms with Gasteiger partial charge in [0.25, 0.3) is 5.56 Å². The van der Waals surface area contributed by atoms with E-state index >= 15 is 0 Å². The molecule has 0 aliphatic carbocycles. The van der Waals surface area contributed by atoms with Gasteiger partial charge in [-0.15, -0.1) is 0 Å². The van der Waals surface area contributed by atoms with Crippen LogP contribution in [0, 0.1) is 0 Å². The van der Waals surface area contributed by atoms with Gasteiger partial charge >= 0.3 is 0 Å². The van der Waals surface area contributed by atoms with Crippen molar-refractivity contribution in [3.63, 3.8) is 0 Å². The topological polar surface area (TPSA) is 32.9 Å². The van der Waals surface area contributed by atoms with Crippen LogP contribution in [0.3, 0.4) is 0 Å². The van der Waals surface area contributed by atoms with Crippen molar-refractivity contribution in [2.75, 3.05) is 0 Å². The van der Waals surface area contributed by atoms with Gasteiger partial charge in [0, 0.05) is 16.5 Å². The smallest absolute Gasteiger partial charge is 0.263 e. The molecular weight excluding hydrogens is 290 g/mol. The van der Waals surface area contributed by atoms with Gasteiger partial charge in [0.1, 0.15) is 0 Å². The van der Waals surface area contributed by atoms with Crippen LogP contribution in [0.25, 0.3) is 22.0 Å². The number of rotatable bonds is 1. The van der Waals surface area contributed by atoms with Gasteiger partial charge < -0.3 is 4.98 Å². The van der Waals surface area contributed by atoms with Gasteiger partial charge in [-0.25, -0.2) is 0 Å². The van der Waals surface area contributed by atoms with Crippen LogP contribution in [0.1, 0.15) is 0 Å². The number of benzene rings is 2. The standard InChI is InChI=1S/C15H10BrNO/c16-14-13(10-6-2-1-3-7-10)11-8-4-5-9-12(11)17-15(14)18/h1-9H,(H,17,18). The number of aromatic amines is 1. The lowest BCUT2D eigenvalue weighted by Gasteiger charge is -2.08. The van der Waals surface area contributed by atoms with Crippen molar-refractivity contribution in [2.45, 2.75) is 0 Å². The zero-order chi connectivity index (χ0) is 12.5. The maximum absolute atomic E-state index is 11.9. The minimum absolute atomic E-state index is 0.104. The van der Waals surface area contributed by atoms with E-state index in [0.717, 1.165) is 22.0 Å². The number of hydrogen-bond donors (Lipinski definition) is 1. The molecule has 3 rings (SSSR count). The summed E-state index contributed by atoms with van der Waals surface area (Å²) in [5, 5.41) is 1.04. The predicted octanol–water partition coefficient (Wildman–Crippen LogP) is 3.96. The van der Waals surface area contributed by atoms with Crippen molar-refractivity contribution in [3.05, 3.63) is 69.4 Å². The Balaban J connectivity index is 2.47. The van der Waals surface area contributed by atoms with Gasteiger partial charge in [-0.3, -0.25) is 4.79 Å². The van der Waals surface area contributed by atoms with E-state index in [1.807, 2.05) is 54.6 Å². The van der Waals surface area contributed by atoms with E-state index in [4.69, 9.17) is 0 Å². The fourth-order valence-electron chi connectivity index (χ4n) is 2.11. The summed E-state index contributed by atoms with van der Waals surface area (Å²) in [5.41, 5.74) is 2.72. The highest BCUT2D eigenvalue weighted by molar-refractivity contribution is 9.10. The average Bonchev–Trinajstić information content (AvgIpc) is 2.41. The van der Waals surface area contributed by atoms with Gasteiger partial charge in [-0.05, 0) is 27.6 Å². The van der Waals surface area contributed by atoms with Crippen LogP contribution in [0.4, 0.5) is 0 Å². The highest BCUT2D eigenvalue weighted by atomic mass is 79.9. The largest absolute Gasteiger partial charge is 0.321 e. The molecule has 0 atom stereocenters. The summed E-state index contributed by atoms with van der Waals surface area (Å²) in [6.45, 7) is 0. The van der Waals surface area contributed by atoms with Crippen LogP contribution in [-0.2, 0) is 0 Å². The molecule has 0 unspecified atom stereocenters. The third-order valence-electron chi connectivity index (χ3n) is 2.93. The number of halogens is 1. The van der Waals surface area contributed by atoms with Crippen molar-refractivity contribution in [3.8, 4) is 11.1 Å². The van der Waals surface area contributed by atoms with Crippen LogP contribution < -0.4 is 5.56 Å². The molecule has 0 aliphatic rings. The Morgan fingerprint density at radius 2 is 1.56 bits per heavy atom. The van der Waals surface area contributed by atoms with Crippen LogP contribution >= 0.6 is 15.9 Å². The Labute approximate surface area is 112 Å². The third kappa shape index (κ3) is 1.77. The van der Waals surface area contributed by atoms with Crippen LogP contribution in [0.2, 0.25) is 0 Å². The number of hydrogen-bond acceptors (Lipinski definition) is 1. The van der Waals surface area contributed by atoms with Gasteiger partial charge in [-0.2, -0.15) is 0 Å². The first-order valence-corrected chi connectivity index (χ1v) is 6.42. The summed E-state index contributed by atoms with van der Waals surface area (Å²) in [5.74, 6) is 0. The molecule has 2 aromatic carbocycles. The van der Waals surface area contributed by atoms with E-state index in [1.165, 1.54) is 0 Å². The lowest BCUT2D eigenvalue weighted by molar-refractivity contribution is 1.28. The maximum atomic E-state index is 11.9. The van der Waals surface area contributed by atoms with E-state index in [0.29, 0.717) is 4.47 Å². The molecule has 3 aromatic rings. The number of pyridine rings is 1. The first-order chi connectivity index (χ1) is 8.77. The van der Waals surface area contributed by atoms with Crippen molar-refractivity contribution in [2.24, 2.45) is 0 Å². The summed E-state index contributed by atoms with van der Waals surface area (Å²) in [7, 11) is 0. The number of aromatic nitrogens is 1. The normalized spacial score (nSPS) is 10.7. The Morgan fingerprint density at radius 3 is 2.33 bits per heavy atom. The van der Waals surface area contributed by atoms with Crippen LogP contribution in [0.15, 0.2) is 63.9 Å². The number of H-pyrrole nitrogens is 1. The van der Waals surface area contributed by atoms with E-state index in [9.17, 15) is 4.79 Å². The fourth-order valence-corrected chi connectivity index (χ4v) is 2.65. The Bertz CT molecular complexity index is 762. The molecule has 18 heavy (non-hydrogen) atoms. The number of fused-ring (bicyclic) bond motifs is 1. The van der Waals surface area contributed by atoms with Crippen molar-refractivity contribution in [1.82, 2.24) is 4.98 Å². The molecule has 3 heteroatoms. The highest BCUT2D eigenvalue weighted by Gasteiger charge is 2.11. The molecule has 0 radical (unpaired) electrons. The molecule has 1 aromatic heterocycles. The van der Waals surface area contributed by atoms with E-state index < -0.39 is 0 Å². The molecule has 1 N–H and O–H groups in total. The lowest BCUT2D eigenvalue weighted by Crippen LogP contribution is -2.08. The summed E-state index contributed by atoms with van der Waals surface area (Å²) in [4.78, 5) is 14.8. The van der Waals surface area contributed by atoms with Crippen molar-refractivity contribution < 1.29 is 0 Å². The zero-order valence-electron chi connectivity index (χ0n) is 9.48. The van der Waals surface area contributed by atoms with Gasteiger partial charge in [0.15, 0.2) is 0 Å². The molecule has 0 fully saturated rings. The van der Waals surface area contributed by atoms with E-state index in [2.05, 4.69) is 20.9 Å². The Kier molecular flexibility index (Phi) is 2.76. The molecule has 88 valence electrons. The van der Waals surface area contributed by atoms with Crippen molar-refractivity contribution >= 4 is 26.8 Å². The summed E-state index contributed by atoms with van der Waals surface area (Å²) in [6.07, 6.45) is 0. The lowest BCUT2D eigenvalue weighted by atomic mass is 10.0. The SMILES string of the molecule is O=c1[nH]c2ccccc2c(-c2ccccc2)c1Br. The molecule has 0 amide bonds. The number of para-hydroxylation sites is 1. The second kappa shape index (κ2) is 4.42. The fraction of sp³-hybridized carbons (Fsp3) is 0. The predicted molar refractivity (Wildman–Crippen MR) is 77.7 cm³/mol. The zero-order valence-corrected chi connectivity index (χ0v) is 11.1. The molecule has 0 spiro atoms. The minimum Gasteiger partial charge on any atom is -0.321 e. The maximum Gasteiger partial charge on any atom is 0.263 e. The van der Waals surface area contributed by atoms with Crippen LogP contribution in [-0.4, -0.2) is 4.98 Å². The Hall–Kier alpha value is -1.87. The first kappa shape index (κ1) is 11.2. The van der Waals surface area contributed by atoms with Gasteiger partial charge in [0.2, 0.25) is 0 Å². The second-order valence-electron chi connectivity index (χ2n) is 4.05. The first-order valence-electron chi connectivity index (χ1n) is 5.63. The summed E-state index contributed by atoms with van der Waals surface area (Å²) < 4.78 is 0.576. The quantitative estimate of drug-likeness (QED) is 0.725. The third-order valence-corrected chi connectivity index (χ3v) is 3.68. The monoisotopic (exact) mass is 299 g/mol. The second-order valence-corrected chi connectivity index (χ2v) is 4.85. The number of nitrogens with one attached hydrogen (secondary N) is 1. The summed E-state index contributed by atoms with van der Waals surface area (Å²) in [6, 6.07) is 17.7. The average molecular weight is 300 g/mol. The molecule has 1 heterocycles. The molecule has 0 saturated carbocycles. The molecule has 0 aliphatic heterocycles. The van der Waals surface area contributed by atoms with Crippen LogP contribution in [0.5, 0.6) is 0 Å². The van der Waals surface area contributed by atoms with Crippen molar-refractivity contribution in [1.29, 1.82) is 0 Å². The van der Waals surface area contributed by atoms with Gasteiger partial charge in [0.05, 0.1) is 4.47 Å². The summed E-state index contributed by atoms with van der Waals surface area (Å²) >= 11 is 3.39. The van der Waals surface area contributed by atoms with Gasteiger partial charge in [-0.1, -0.05) is 48.5 Å². The molecular formula is C15H10BrNO. The molecule has 2 nitrogen and oxygen atoms in total. The highest BCUT2D eigenvalue weighted by Crippen LogP contribution is 2.31. The molecule has 0 saturated heterocycles. The minimum atomic E-state index is -0.104.